The minimum absolute atomic E-state index is 0.0921. The van der Waals surface area contributed by atoms with Crippen LogP contribution in [0.3, 0.4) is 0 Å². The molecule has 0 aliphatic carbocycles. The maximum Gasteiger partial charge on any atom is 0.527 e. The average molecular weight is 667 g/mol. The Kier molecular flexibility index (Phi) is 20.8. The first-order valence-corrected chi connectivity index (χ1v) is 19.7. The van der Waals surface area contributed by atoms with E-state index < -0.39 is 19.9 Å². The Hall–Kier alpha value is -1.70. The van der Waals surface area contributed by atoms with Crippen LogP contribution < -0.4 is 0 Å². The molecule has 0 bridgehead atoms. The molecule has 2 unspecified atom stereocenters. The fourth-order valence-corrected chi connectivity index (χ4v) is 6.97. The van der Waals surface area contributed by atoms with Crippen LogP contribution in [0, 0.1) is 0 Å². The highest BCUT2D eigenvalue weighted by molar-refractivity contribution is 7.47. The number of quaternary nitrogens is 1. The van der Waals surface area contributed by atoms with Crippen LogP contribution in [0.2, 0.25) is 0 Å². The SMILES string of the molecule is CCCCCCCCCCCCCCCCCCOCC(COP(=O)(O)OC(=C1CCCC[N+]1(C)C)c1ccccc1)OC(C)=O. The van der Waals surface area contributed by atoms with Crippen molar-refractivity contribution >= 4 is 19.6 Å². The van der Waals surface area contributed by atoms with E-state index in [9.17, 15) is 14.3 Å². The number of carbonyl (C=O) groups is 1. The number of unbranched alkanes of at least 4 members (excludes halogenated alkanes) is 15. The number of nitrogens with zero attached hydrogens (tertiary/aromatic N) is 1. The van der Waals surface area contributed by atoms with Gasteiger partial charge in [0.05, 0.1) is 33.9 Å². The summed E-state index contributed by atoms with van der Waals surface area (Å²) in [6.07, 6.45) is 23.0. The molecule has 46 heavy (non-hydrogen) atoms. The molecule has 0 saturated carbocycles. The topological polar surface area (TPSA) is 91.3 Å². The van der Waals surface area contributed by atoms with Gasteiger partial charge in [-0.25, -0.2) is 4.57 Å². The zero-order valence-electron chi connectivity index (χ0n) is 29.5. The monoisotopic (exact) mass is 666 g/mol. The highest BCUT2D eigenvalue weighted by atomic mass is 31.2. The van der Waals surface area contributed by atoms with E-state index in [4.69, 9.17) is 18.5 Å². The number of piperidine rings is 1. The summed E-state index contributed by atoms with van der Waals surface area (Å²) in [6.45, 7) is 4.82. The van der Waals surface area contributed by atoms with E-state index in [2.05, 4.69) is 21.0 Å². The number of hydrogen-bond donors (Lipinski definition) is 1. The van der Waals surface area contributed by atoms with Gasteiger partial charge in [0.2, 0.25) is 0 Å². The molecule has 2 rings (SSSR count). The van der Waals surface area contributed by atoms with Crippen LogP contribution in [0.15, 0.2) is 36.0 Å². The van der Waals surface area contributed by atoms with Gasteiger partial charge in [-0.2, -0.15) is 0 Å². The van der Waals surface area contributed by atoms with E-state index in [1.165, 1.54) is 96.8 Å². The van der Waals surface area contributed by atoms with Gasteiger partial charge in [-0.05, 0) is 19.3 Å². The Morgan fingerprint density at radius 2 is 1.37 bits per heavy atom. The minimum atomic E-state index is -4.53. The lowest BCUT2D eigenvalue weighted by molar-refractivity contribution is -0.857. The van der Waals surface area contributed by atoms with Gasteiger partial charge in [0.1, 0.15) is 6.10 Å². The predicted molar refractivity (Wildman–Crippen MR) is 187 cm³/mol. The molecule has 0 radical (unpaired) electrons. The second kappa shape index (κ2) is 23.6. The number of carbonyl (C=O) groups excluding carboxylic acids is 1. The van der Waals surface area contributed by atoms with Crippen LogP contribution in [0.5, 0.6) is 0 Å². The molecule has 264 valence electrons. The number of likely N-dealkylation sites (tertiary alicyclic amines) is 1. The van der Waals surface area contributed by atoms with E-state index >= 15 is 0 Å². The highest BCUT2D eigenvalue weighted by Gasteiger charge is 2.36. The standard InChI is InChI=1S/C37H64NO7P/c1-5-6-7-8-9-10-11-12-13-14-15-16-17-18-19-25-30-42-31-35(44-33(2)39)32-43-46(40,41)45-37(34-26-21-20-22-27-34)36-28-23-24-29-38(36,3)4/h20-22,26-27,35H,5-19,23-25,28-32H2,1-4H3/p+1. The van der Waals surface area contributed by atoms with Crippen molar-refractivity contribution in [1.29, 1.82) is 0 Å². The molecule has 8 nitrogen and oxygen atoms in total. The van der Waals surface area contributed by atoms with Gasteiger partial charge in [-0.1, -0.05) is 134 Å². The van der Waals surface area contributed by atoms with Crippen LogP contribution in [0.25, 0.3) is 5.76 Å². The van der Waals surface area contributed by atoms with Gasteiger partial charge < -0.3 is 14.0 Å². The number of rotatable bonds is 26. The summed E-state index contributed by atoms with van der Waals surface area (Å²) in [5, 5.41) is 0. The predicted octanol–water partition coefficient (Wildman–Crippen LogP) is 9.96. The van der Waals surface area contributed by atoms with E-state index in [0.29, 0.717) is 16.8 Å². The second-order valence-corrected chi connectivity index (χ2v) is 14.9. The number of hydrogen-bond acceptors (Lipinski definition) is 6. The Morgan fingerprint density at radius 1 is 0.826 bits per heavy atom. The number of phosphoric ester groups is 1. The zero-order valence-corrected chi connectivity index (χ0v) is 30.4. The summed E-state index contributed by atoms with van der Waals surface area (Å²) in [6, 6.07) is 9.37. The first-order valence-electron chi connectivity index (χ1n) is 18.2. The maximum absolute atomic E-state index is 13.2. The van der Waals surface area contributed by atoms with Gasteiger partial charge in [0.25, 0.3) is 0 Å². The van der Waals surface area contributed by atoms with Crippen molar-refractivity contribution in [3.05, 3.63) is 41.6 Å². The van der Waals surface area contributed by atoms with Crippen molar-refractivity contribution in [2.75, 3.05) is 40.5 Å². The molecule has 1 fully saturated rings. The third kappa shape index (κ3) is 18.0. The van der Waals surface area contributed by atoms with Crippen molar-refractivity contribution in [3.63, 3.8) is 0 Å². The summed E-state index contributed by atoms with van der Waals surface area (Å²) in [4.78, 5) is 22.5. The first kappa shape index (κ1) is 40.5. The van der Waals surface area contributed by atoms with Gasteiger partial charge >= 0.3 is 13.8 Å². The summed E-state index contributed by atoms with van der Waals surface area (Å²) in [5.74, 6) is -0.124. The quantitative estimate of drug-likeness (QED) is 0.0346. The zero-order chi connectivity index (χ0) is 33.5. The number of benzene rings is 1. The van der Waals surface area contributed by atoms with Crippen LogP contribution >= 0.6 is 7.82 Å². The fourth-order valence-electron chi connectivity index (χ4n) is 6.12. The molecule has 1 heterocycles. The summed E-state index contributed by atoms with van der Waals surface area (Å²) in [7, 11) is -0.366. The molecule has 1 N–H and O–H groups in total. The van der Waals surface area contributed by atoms with Gasteiger partial charge in [0.15, 0.2) is 11.5 Å². The Balaban J connectivity index is 1.66. The molecule has 9 heteroatoms. The molecule has 0 amide bonds. The average Bonchev–Trinajstić information content (AvgIpc) is 3.02. The van der Waals surface area contributed by atoms with Crippen molar-refractivity contribution in [2.24, 2.45) is 0 Å². The summed E-state index contributed by atoms with van der Waals surface area (Å²) < 4.78 is 36.0. The third-order valence-electron chi connectivity index (χ3n) is 8.82. The van der Waals surface area contributed by atoms with E-state index in [1.54, 1.807) is 0 Å². The third-order valence-corrected chi connectivity index (χ3v) is 9.71. The Bertz CT molecular complexity index is 1030. The van der Waals surface area contributed by atoms with Crippen molar-refractivity contribution in [3.8, 4) is 0 Å². The molecule has 1 aliphatic heterocycles. The number of phosphoric acid groups is 1. The van der Waals surface area contributed by atoms with E-state index in [1.807, 2.05) is 30.3 Å². The lowest BCUT2D eigenvalue weighted by atomic mass is 10.0. The molecular formula is C37H65NO7P+. The lowest BCUT2D eigenvalue weighted by Gasteiger charge is -2.36. The smallest absolute Gasteiger partial charge is 0.458 e. The molecule has 2 atom stereocenters. The summed E-state index contributed by atoms with van der Waals surface area (Å²) >= 11 is 0. The molecular weight excluding hydrogens is 601 g/mol. The molecule has 0 aromatic heterocycles. The number of ether oxygens (including phenoxy) is 2. The molecule has 1 aliphatic rings. The molecule has 1 saturated heterocycles. The van der Waals surface area contributed by atoms with Crippen LogP contribution in [0.1, 0.15) is 141 Å². The van der Waals surface area contributed by atoms with E-state index in [0.717, 1.165) is 49.9 Å². The number of allylic oxidation sites excluding steroid dienone is 1. The largest absolute Gasteiger partial charge is 0.527 e. The summed E-state index contributed by atoms with van der Waals surface area (Å²) in [5.41, 5.74) is 1.68. The molecule has 0 spiro atoms. The highest BCUT2D eigenvalue weighted by Crippen LogP contribution is 2.50. The van der Waals surface area contributed by atoms with Crippen LogP contribution in [-0.4, -0.2) is 61.9 Å². The van der Waals surface area contributed by atoms with Crippen molar-refractivity contribution in [1.82, 2.24) is 0 Å². The second-order valence-electron chi connectivity index (χ2n) is 13.5. The fraction of sp³-hybridized carbons (Fsp3) is 0.757. The van der Waals surface area contributed by atoms with E-state index in [-0.39, 0.29) is 13.2 Å². The van der Waals surface area contributed by atoms with Crippen LogP contribution in [0.4, 0.5) is 0 Å². The van der Waals surface area contributed by atoms with Gasteiger partial charge in [-0.3, -0.25) is 18.7 Å². The Labute approximate surface area is 280 Å². The Morgan fingerprint density at radius 3 is 1.89 bits per heavy atom. The maximum atomic E-state index is 13.2. The normalized spacial score (nSPS) is 17.7. The lowest BCUT2D eigenvalue weighted by Crippen LogP contribution is -2.42. The molecule has 1 aromatic carbocycles. The first-order chi connectivity index (χ1) is 22.1. The van der Waals surface area contributed by atoms with Gasteiger partial charge in [-0.15, -0.1) is 0 Å². The van der Waals surface area contributed by atoms with Crippen molar-refractivity contribution < 1.29 is 37.3 Å². The van der Waals surface area contributed by atoms with Gasteiger partial charge in [0, 0.05) is 25.5 Å². The van der Waals surface area contributed by atoms with Crippen molar-refractivity contribution in [2.45, 2.75) is 142 Å². The molecule has 1 aromatic rings. The van der Waals surface area contributed by atoms with Crippen LogP contribution in [-0.2, 0) is 27.9 Å². The number of esters is 1. The minimum Gasteiger partial charge on any atom is -0.458 e.